The van der Waals surface area contributed by atoms with Gasteiger partial charge in [-0.2, -0.15) is 5.10 Å². The summed E-state index contributed by atoms with van der Waals surface area (Å²) >= 11 is 1.52. The number of hydrogen-bond donors (Lipinski definition) is 1. The van der Waals surface area contributed by atoms with Crippen molar-refractivity contribution >= 4 is 22.2 Å². The lowest BCUT2D eigenvalue weighted by Crippen LogP contribution is -2.30. The van der Waals surface area contributed by atoms with Crippen LogP contribution in [0.5, 0.6) is 0 Å². The van der Waals surface area contributed by atoms with E-state index < -0.39 is 12.3 Å². The predicted molar refractivity (Wildman–Crippen MR) is 99.0 cm³/mol. The fourth-order valence-corrected chi connectivity index (χ4v) is 3.84. The van der Waals surface area contributed by atoms with Gasteiger partial charge in [0.2, 0.25) is 0 Å². The molecule has 1 atom stereocenters. The van der Waals surface area contributed by atoms with Crippen LogP contribution in [0.15, 0.2) is 72.2 Å². The summed E-state index contributed by atoms with van der Waals surface area (Å²) in [7, 11) is 0. The van der Waals surface area contributed by atoms with Crippen molar-refractivity contribution in [3.05, 3.63) is 82.7 Å². The van der Waals surface area contributed by atoms with E-state index in [-0.39, 0.29) is 6.42 Å². The van der Waals surface area contributed by atoms with Crippen LogP contribution >= 0.6 is 11.3 Å². The van der Waals surface area contributed by atoms with Crippen LogP contribution < -0.4 is 0 Å². The second-order valence-corrected chi connectivity index (χ2v) is 7.12. The van der Waals surface area contributed by atoms with Crippen molar-refractivity contribution in [2.75, 3.05) is 6.67 Å². The zero-order chi connectivity index (χ0) is 17.3. The predicted octanol–water partition coefficient (Wildman–Crippen LogP) is 4.49. The van der Waals surface area contributed by atoms with Crippen molar-refractivity contribution in [3.8, 4) is 5.69 Å². The summed E-state index contributed by atoms with van der Waals surface area (Å²) in [4.78, 5) is 0.959. The molecule has 2 heterocycles. The van der Waals surface area contributed by atoms with Gasteiger partial charge in [0.15, 0.2) is 0 Å². The Kier molecular flexibility index (Phi) is 4.11. The molecule has 4 rings (SSSR count). The number of fused-ring (bicyclic) bond motifs is 1. The van der Waals surface area contributed by atoms with Crippen molar-refractivity contribution in [2.24, 2.45) is 0 Å². The Balaban J connectivity index is 1.74. The van der Waals surface area contributed by atoms with Crippen LogP contribution in [0.4, 0.5) is 4.39 Å². The largest absolute Gasteiger partial charge is 0.382 e. The molecule has 0 saturated heterocycles. The number of para-hydroxylation sites is 1. The summed E-state index contributed by atoms with van der Waals surface area (Å²) in [5.74, 6) is 0. The average Bonchev–Trinajstić information content (AvgIpc) is 3.31. The molecular formula is C20H17FN2OS. The minimum atomic E-state index is -1.52. The third-order valence-corrected chi connectivity index (χ3v) is 5.25. The first-order chi connectivity index (χ1) is 12.2. The zero-order valence-electron chi connectivity index (χ0n) is 13.5. The molecule has 2 aromatic carbocycles. The van der Waals surface area contributed by atoms with Crippen molar-refractivity contribution in [1.29, 1.82) is 0 Å². The molecule has 0 bridgehead atoms. The van der Waals surface area contributed by atoms with Crippen LogP contribution in [-0.4, -0.2) is 21.6 Å². The molecule has 0 radical (unpaired) electrons. The molecule has 0 spiro atoms. The maximum absolute atomic E-state index is 13.7. The molecule has 25 heavy (non-hydrogen) atoms. The average molecular weight is 352 g/mol. The van der Waals surface area contributed by atoms with Crippen LogP contribution in [0.2, 0.25) is 0 Å². The number of hydrogen-bond acceptors (Lipinski definition) is 3. The zero-order valence-corrected chi connectivity index (χ0v) is 14.3. The Bertz CT molecular complexity index is 982. The molecule has 0 aliphatic heterocycles. The minimum absolute atomic E-state index is 0.263. The molecular weight excluding hydrogens is 335 g/mol. The van der Waals surface area contributed by atoms with Crippen LogP contribution in [0.25, 0.3) is 16.6 Å². The van der Waals surface area contributed by atoms with Gasteiger partial charge in [-0.3, -0.25) is 0 Å². The molecule has 0 saturated carbocycles. The first-order valence-electron chi connectivity index (χ1n) is 8.04. The first kappa shape index (κ1) is 16.0. The SMILES string of the molecule is OC(CF)(Cc1cccs1)c1ccc2c(cnn2-c2ccccc2)c1. The van der Waals surface area contributed by atoms with E-state index in [9.17, 15) is 9.50 Å². The fourth-order valence-electron chi connectivity index (χ4n) is 3.03. The van der Waals surface area contributed by atoms with Crippen molar-refractivity contribution in [3.63, 3.8) is 0 Å². The Hall–Kier alpha value is -2.50. The number of halogens is 1. The van der Waals surface area contributed by atoms with E-state index >= 15 is 0 Å². The highest BCUT2D eigenvalue weighted by Crippen LogP contribution is 2.31. The number of aliphatic hydroxyl groups is 1. The van der Waals surface area contributed by atoms with Gasteiger partial charge in [-0.25, -0.2) is 9.07 Å². The molecule has 2 aromatic heterocycles. The van der Waals surface area contributed by atoms with E-state index in [1.54, 1.807) is 12.3 Å². The van der Waals surface area contributed by atoms with E-state index in [1.165, 1.54) is 11.3 Å². The van der Waals surface area contributed by atoms with Crippen molar-refractivity contribution in [1.82, 2.24) is 9.78 Å². The van der Waals surface area contributed by atoms with Gasteiger partial charge >= 0.3 is 0 Å². The highest BCUT2D eigenvalue weighted by Gasteiger charge is 2.30. The Morgan fingerprint density at radius 1 is 1.08 bits per heavy atom. The molecule has 5 heteroatoms. The van der Waals surface area contributed by atoms with Gasteiger partial charge < -0.3 is 5.11 Å². The second-order valence-electron chi connectivity index (χ2n) is 6.09. The Morgan fingerprint density at radius 2 is 1.92 bits per heavy atom. The summed E-state index contributed by atoms with van der Waals surface area (Å²) in [6.45, 7) is -0.830. The molecule has 126 valence electrons. The lowest BCUT2D eigenvalue weighted by molar-refractivity contribution is 0.0121. The standard InChI is InChI=1S/C20H17FN2OS/c21-14-20(24,12-18-7-4-10-25-18)16-8-9-19-15(11-16)13-22-23(19)17-5-2-1-3-6-17/h1-11,13,24H,12,14H2. The molecule has 0 aliphatic carbocycles. The van der Waals surface area contributed by atoms with E-state index in [1.807, 2.05) is 64.7 Å². The van der Waals surface area contributed by atoms with Gasteiger partial charge in [-0.1, -0.05) is 30.3 Å². The number of thiophene rings is 1. The summed E-state index contributed by atoms with van der Waals surface area (Å²) < 4.78 is 15.6. The molecule has 0 amide bonds. The van der Waals surface area contributed by atoms with Gasteiger partial charge in [0.25, 0.3) is 0 Å². The summed E-state index contributed by atoms with van der Waals surface area (Å²) in [5, 5.41) is 18.1. The maximum Gasteiger partial charge on any atom is 0.123 e. The number of rotatable bonds is 5. The number of alkyl halides is 1. The molecule has 1 unspecified atom stereocenters. The molecule has 3 nitrogen and oxygen atoms in total. The minimum Gasteiger partial charge on any atom is -0.382 e. The number of nitrogens with zero attached hydrogens (tertiary/aromatic N) is 2. The second kappa shape index (κ2) is 6.43. The normalized spacial score (nSPS) is 13.8. The van der Waals surface area contributed by atoms with E-state index in [0.29, 0.717) is 5.56 Å². The van der Waals surface area contributed by atoms with Crippen LogP contribution in [-0.2, 0) is 12.0 Å². The Morgan fingerprint density at radius 3 is 2.64 bits per heavy atom. The van der Waals surface area contributed by atoms with Crippen LogP contribution in [0.3, 0.4) is 0 Å². The van der Waals surface area contributed by atoms with E-state index in [2.05, 4.69) is 5.10 Å². The summed E-state index contributed by atoms with van der Waals surface area (Å²) in [6.07, 6.45) is 2.01. The lowest BCUT2D eigenvalue weighted by Gasteiger charge is -2.25. The van der Waals surface area contributed by atoms with Gasteiger partial charge in [-0.05, 0) is 41.3 Å². The van der Waals surface area contributed by atoms with E-state index in [0.717, 1.165) is 21.5 Å². The molecule has 1 N–H and O–H groups in total. The maximum atomic E-state index is 13.7. The van der Waals surface area contributed by atoms with Crippen molar-refractivity contribution in [2.45, 2.75) is 12.0 Å². The monoisotopic (exact) mass is 352 g/mol. The van der Waals surface area contributed by atoms with Gasteiger partial charge in [0.1, 0.15) is 12.3 Å². The van der Waals surface area contributed by atoms with Gasteiger partial charge in [0.05, 0.1) is 17.4 Å². The van der Waals surface area contributed by atoms with Gasteiger partial charge in [0, 0.05) is 16.7 Å². The van der Waals surface area contributed by atoms with Crippen LogP contribution in [0.1, 0.15) is 10.4 Å². The topological polar surface area (TPSA) is 38.1 Å². The van der Waals surface area contributed by atoms with Gasteiger partial charge in [-0.15, -0.1) is 11.3 Å². The number of benzene rings is 2. The smallest absolute Gasteiger partial charge is 0.123 e. The highest BCUT2D eigenvalue weighted by atomic mass is 32.1. The van der Waals surface area contributed by atoms with Crippen LogP contribution in [0, 0.1) is 0 Å². The highest BCUT2D eigenvalue weighted by molar-refractivity contribution is 7.09. The summed E-state index contributed by atoms with van der Waals surface area (Å²) in [6, 6.07) is 19.2. The number of aromatic nitrogens is 2. The molecule has 0 aliphatic rings. The quantitative estimate of drug-likeness (QED) is 0.575. The molecule has 0 fully saturated rings. The molecule has 4 aromatic rings. The van der Waals surface area contributed by atoms with Crippen molar-refractivity contribution < 1.29 is 9.50 Å². The summed E-state index contributed by atoms with van der Waals surface area (Å²) in [5.41, 5.74) is 0.939. The Labute approximate surface area is 149 Å². The third-order valence-electron chi connectivity index (χ3n) is 4.37. The first-order valence-corrected chi connectivity index (χ1v) is 8.92. The third kappa shape index (κ3) is 2.97. The lowest BCUT2D eigenvalue weighted by atomic mass is 9.90. The fraction of sp³-hybridized carbons (Fsp3) is 0.150. The van der Waals surface area contributed by atoms with E-state index in [4.69, 9.17) is 0 Å².